The minimum Gasteiger partial charge on any atom is -0.427 e. The van der Waals surface area contributed by atoms with Crippen LogP contribution >= 0.6 is 0 Å². The van der Waals surface area contributed by atoms with Crippen LogP contribution in [0.25, 0.3) is 10.9 Å². The van der Waals surface area contributed by atoms with Gasteiger partial charge in [0.25, 0.3) is 5.56 Å². The van der Waals surface area contributed by atoms with E-state index in [0.717, 1.165) is 4.57 Å². The molecule has 1 aliphatic heterocycles. The fraction of sp³-hybridized carbons (Fsp3) is 0.333. The van der Waals surface area contributed by atoms with Crippen molar-refractivity contribution < 1.29 is 18.7 Å². The Hall–Kier alpha value is -3.59. The van der Waals surface area contributed by atoms with E-state index in [0.29, 0.717) is 43.6 Å². The number of benzene rings is 2. The van der Waals surface area contributed by atoms with Crippen molar-refractivity contribution in [2.75, 3.05) is 19.6 Å². The summed E-state index contributed by atoms with van der Waals surface area (Å²) in [7, 11) is 0. The van der Waals surface area contributed by atoms with E-state index in [2.05, 4.69) is 9.88 Å². The van der Waals surface area contributed by atoms with Crippen molar-refractivity contribution in [3.05, 3.63) is 74.7 Å². The van der Waals surface area contributed by atoms with Gasteiger partial charge in [0.1, 0.15) is 11.6 Å². The summed E-state index contributed by atoms with van der Waals surface area (Å²) < 4.78 is 19.3. The van der Waals surface area contributed by atoms with Crippen molar-refractivity contribution in [2.45, 2.75) is 26.3 Å². The van der Waals surface area contributed by atoms with Gasteiger partial charge in [0.05, 0.1) is 10.9 Å². The molecule has 8 nitrogen and oxygen atoms in total. The van der Waals surface area contributed by atoms with Crippen molar-refractivity contribution in [1.29, 1.82) is 0 Å². The van der Waals surface area contributed by atoms with Crippen LogP contribution in [0.4, 0.5) is 4.39 Å². The molecule has 3 aromatic rings. The molecule has 1 fully saturated rings. The SMILES string of the molecule is CC(=O)Oc1ccc2[nH]c(=O)n(CCN3CCC(C(=O)c4ccc(F)cc4)CC3)c(=O)c2c1. The number of H-pyrrole nitrogens is 1. The molecular weight excluding hydrogens is 429 g/mol. The van der Waals surface area contributed by atoms with Gasteiger partial charge in [-0.2, -0.15) is 0 Å². The minimum atomic E-state index is -0.505. The second-order valence-electron chi connectivity index (χ2n) is 8.18. The van der Waals surface area contributed by atoms with E-state index in [1.807, 2.05) is 0 Å². The summed E-state index contributed by atoms with van der Waals surface area (Å²) in [6, 6.07) is 10.1. The molecule has 0 bridgehead atoms. The fourth-order valence-corrected chi connectivity index (χ4v) is 4.17. The lowest BCUT2D eigenvalue weighted by Crippen LogP contribution is -2.42. The number of aromatic nitrogens is 2. The van der Waals surface area contributed by atoms with E-state index < -0.39 is 17.2 Å². The molecule has 0 saturated carbocycles. The summed E-state index contributed by atoms with van der Waals surface area (Å²) in [6.45, 7) is 3.27. The number of hydrogen-bond acceptors (Lipinski definition) is 6. The van der Waals surface area contributed by atoms with Crippen LogP contribution in [0.15, 0.2) is 52.1 Å². The molecule has 0 unspecified atom stereocenters. The highest BCUT2D eigenvalue weighted by molar-refractivity contribution is 5.97. The van der Waals surface area contributed by atoms with Crippen LogP contribution in [-0.2, 0) is 11.3 Å². The standard InChI is InChI=1S/C24H24FN3O5/c1-15(29)33-19-6-7-21-20(14-19)23(31)28(24(32)26-21)13-12-27-10-8-17(9-11-27)22(30)16-2-4-18(25)5-3-16/h2-7,14,17H,8-13H2,1H3,(H,26,32). The van der Waals surface area contributed by atoms with Gasteiger partial charge in [0.15, 0.2) is 5.78 Å². The highest BCUT2D eigenvalue weighted by Crippen LogP contribution is 2.22. The average Bonchev–Trinajstić information content (AvgIpc) is 2.79. The molecule has 1 saturated heterocycles. The maximum atomic E-state index is 13.1. The predicted octanol–water partition coefficient (Wildman–Crippen LogP) is 2.35. The molecule has 172 valence electrons. The number of carbonyl (C=O) groups is 2. The van der Waals surface area contributed by atoms with E-state index >= 15 is 0 Å². The Morgan fingerprint density at radius 1 is 1.06 bits per heavy atom. The molecule has 1 N–H and O–H groups in total. The third-order valence-corrected chi connectivity index (χ3v) is 5.94. The van der Waals surface area contributed by atoms with Crippen LogP contribution < -0.4 is 16.0 Å². The fourth-order valence-electron chi connectivity index (χ4n) is 4.17. The topological polar surface area (TPSA) is 101 Å². The molecule has 4 rings (SSSR count). The van der Waals surface area contributed by atoms with Crippen molar-refractivity contribution >= 4 is 22.7 Å². The zero-order valence-corrected chi connectivity index (χ0v) is 18.2. The number of ketones is 1. The van der Waals surface area contributed by atoms with Crippen LogP contribution in [-0.4, -0.2) is 45.8 Å². The maximum absolute atomic E-state index is 13.1. The van der Waals surface area contributed by atoms with Crippen LogP contribution in [0.2, 0.25) is 0 Å². The lowest BCUT2D eigenvalue weighted by molar-refractivity contribution is -0.131. The summed E-state index contributed by atoms with van der Waals surface area (Å²) in [4.78, 5) is 54.0. The Kier molecular flexibility index (Phi) is 6.50. The molecule has 33 heavy (non-hydrogen) atoms. The van der Waals surface area contributed by atoms with Gasteiger partial charge in [-0.1, -0.05) is 0 Å². The summed E-state index contributed by atoms with van der Waals surface area (Å²) in [5.74, 6) is -0.750. The molecule has 0 amide bonds. The number of nitrogens with one attached hydrogen (secondary N) is 1. The van der Waals surface area contributed by atoms with E-state index in [9.17, 15) is 23.6 Å². The van der Waals surface area contributed by atoms with E-state index in [1.165, 1.54) is 49.4 Å². The van der Waals surface area contributed by atoms with Gasteiger partial charge in [-0.3, -0.25) is 19.0 Å². The number of carbonyl (C=O) groups excluding carboxylic acids is 2. The number of piperidine rings is 1. The number of ether oxygens (including phenoxy) is 1. The first-order valence-corrected chi connectivity index (χ1v) is 10.8. The van der Waals surface area contributed by atoms with Gasteiger partial charge < -0.3 is 14.6 Å². The number of aromatic amines is 1. The first-order chi connectivity index (χ1) is 15.8. The van der Waals surface area contributed by atoms with Crippen molar-refractivity contribution in [2.24, 2.45) is 5.92 Å². The summed E-state index contributed by atoms with van der Waals surface area (Å²) in [5, 5.41) is 0.261. The third kappa shape index (κ3) is 5.09. The van der Waals surface area contributed by atoms with Crippen LogP contribution in [0.1, 0.15) is 30.1 Å². The molecule has 1 aliphatic rings. The smallest absolute Gasteiger partial charge is 0.328 e. The zero-order valence-electron chi connectivity index (χ0n) is 18.2. The second-order valence-corrected chi connectivity index (χ2v) is 8.18. The first kappa shape index (κ1) is 22.6. The average molecular weight is 453 g/mol. The van der Waals surface area contributed by atoms with E-state index in [4.69, 9.17) is 4.74 Å². The van der Waals surface area contributed by atoms with Gasteiger partial charge in [0.2, 0.25) is 0 Å². The quantitative estimate of drug-likeness (QED) is 0.349. The molecule has 0 atom stereocenters. The molecule has 0 spiro atoms. The molecule has 0 radical (unpaired) electrons. The van der Waals surface area contributed by atoms with Gasteiger partial charge >= 0.3 is 11.7 Å². The lowest BCUT2D eigenvalue weighted by Gasteiger charge is -2.31. The van der Waals surface area contributed by atoms with Crippen LogP contribution in [0.3, 0.4) is 0 Å². The molecule has 9 heteroatoms. The normalized spacial score (nSPS) is 15.0. The Balaban J connectivity index is 1.41. The number of hydrogen-bond donors (Lipinski definition) is 1. The Morgan fingerprint density at radius 3 is 2.42 bits per heavy atom. The predicted molar refractivity (Wildman–Crippen MR) is 120 cm³/mol. The van der Waals surface area contributed by atoms with Crippen LogP contribution in [0.5, 0.6) is 5.75 Å². The zero-order chi connectivity index (χ0) is 23.5. The monoisotopic (exact) mass is 453 g/mol. The molecule has 0 aliphatic carbocycles. The number of rotatable bonds is 6. The highest BCUT2D eigenvalue weighted by atomic mass is 19.1. The van der Waals surface area contributed by atoms with Gasteiger partial charge in [0, 0.05) is 31.5 Å². The second kappa shape index (κ2) is 9.50. The highest BCUT2D eigenvalue weighted by Gasteiger charge is 2.26. The summed E-state index contributed by atoms with van der Waals surface area (Å²) in [6.07, 6.45) is 1.32. The Morgan fingerprint density at radius 2 is 1.76 bits per heavy atom. The Bertz CT molecular complexity index is 1300. The largest absolute Gasteiger partial charge is 0.427 e. The molecule has 2 aromatic carbocycles. The number of likely N-dealkylation sites (tertiary alicyclic amines) is 1. The molecule has 2 heterocycles. The lowest BCUT2D eigenvalue weighted by atomic mass is 9.89. The Labute approximate surface area is 188 Å². The van der Waals surface area contributed by atoms with Gasteiger partial charge in [-0.15, -0.1) is 0 Å². The molecule has 1 aromatic heterocycles. The van der Waals surface area contributed by atoms with Gasteiger partial charge in [-0.25, -0.2) is 9.18 Å². The summed E-state index contributed by atoms with van der Waals surface area (Å²) >= 11 is 0. The number of halogens is 1. The van der Waals surface area contributed by atoms with Crippen LogP contribution in [0, 0.1) is 11.7 Å². The van der Waals surface area contributed by atoms with Crippen molar-refractivity contribution in [3.63, 3.8) is 0 Å². The van der Waals surface area contributed by atoms with Gasteiger partial charge in [-0.05, 0) is 68.4 Å². The van der Waals surface area contributed by atoms with E-state index in [-0.39, 0.29) is 35.2 Å². The maximum Gasteiger partial charge on any atom is 0.328 e. The first-order valence-electron chi connectivity index (χ1n) is 10.8. The third-order valence-electron chi connectivity index (χ3n) is 5.94. The minimum absolute atomic E-state index is 0.0143. The number of nitrogens with zero attached hydrogens (tertiary/aromatic N) is 2. The van der Waals surface area contributed by atoms with Crippen molar-refractivity contribution in [1.82, 2.24) is 14.5 Å². The number of Topliss-reactive ketones (excluding diaryl/α,β-unsaturated/α-hetero) is 1. The molecular formula is C24H24FN3O5. The number of esters is 1. The summed E-state index contributed by atoms with van der Waals surface area (Å²) in [5.41, 5.74) is -0.0762. The van der Waals surface area contributed by atoms with Crippen molar-refractivity contribution in [3.8, 4) is 5.75 Å². The van der Waals surface area contributed by atoms with E-state index in [1.54, 1.807) is 0 Å². The number of fused-ring (bicyclic) bond motifs is 1.